The highest BCUT2D eigenvalue weighted by Gasteiger charge is 2.35. The third-order valence-electron chi connectivity index (χ3n) is 6.33. The predicted molar refractivity (Wildman–Crippen MR) is 160 cm³/mol. The molecule has 0 spiro atoms. The minimum absolute atomic E-state index is 0.155. The predicted octanol–water partition coefficient (Wildman–Crippen LogP) is 7.89. The van der Waals surface area contributed by atoms with Gasteiger partial charge in [-0.1, -0.05) is 66.2 Å². The minimum atomic E-state index is -0.367. The van der Waals surface area contributed by atoms with Crippen molar-refractivity contribution in [1.29, 1.82) is 0 Å². The van der Waals surface area contributed by atoms with Crippen LogP contribution in [-0.4, -0.2) is 35.8 Å². The molecule has 0 bridgehead atoms. The zero-order valence-corrected chi connectivity index (χ0v) is 23.8. The summed E-state index contributed by atoms with van der Waals surface area (Å²) < 4.78 is 17.7. The number of ether oxygens (including phenoxy) is 3. The van der Waals surface area contributed by atoms with E-state index in [1.54, 1.807) is 18.2 Å². The number of carbonyl (C=O) groups excluding carboxylic acids is 2. The number of amides is 2. The normalized spacial score (nSPS) is 14.3. The summed E-state index contributed by atoms with van der Waals surface area (Å²) in [6.45, 7) is 4.92. The van der Waals surface area contributed by atoms with E-state index in [1.165, 1.54) is 4.90 Å². The first-order valence-corrected chi connectivity index (χ1v) is 14.1. The average molecular weight is 574 g/mol. The smallest absolute Gasteiger partial charge is 0.293 e. The Bertz CT molecular complexity index is 1600. The van der Waals surface area contributed by atoms with Crippen molar-refractivity contribution in [3.8, 4) is 17.2 Å². The van der Waals surface area contributed by atoms with Crippen LogP contribution in [0.5, 0.6) is 17.2 Å². The van der Waals surface area contributed by atoms with E-state index >= 15 is 0 Å². The molecule has 6 nitrogen and oxygen atoms in total. The highest BCUT2D eigenvalue weighted by atomic mass is 35.5. The van der Waals surface area contributed by atoms with Gasteiger partial charge >= 0.3 is 0 Å². The van der Waals surface area contributed by atoms with Gasteiger partial charge in [-0.2, -0.15) is 0 Å². The van der Waals surface area contributed by atoms with Gasteiger partial charge in [-0.3, -0.25) is 14.5 Å². The molecule has 2 amide bonds. The Morgan fingerprint density at radius 3 is 2.55 bits per heavy atom. The van der Waals surface area contributed by atoms with Crippen molar-refractivity contribution in [2.75, 3.05) is 19.8 Å². The Hall–Kier alpha value is -3.94. The van der Waals surface area contributed by atoms with Crippen molar-refractivity contribution >= 4 is 51.4 Å². The summed E-state index contributed by atoms with van der Waals surface area (Å²) in [5.74, 6) is 1.22. The molecule has 0 N–H and O–H groups in total. The third-order valence-corrected chi connectivity index (χ3v) is 7.52. The second kappa shape index (κ2) is 12.5. The van der Waals surface area contributed by atoms with E-state index in [2.05, 4.69) is 18.2 Å². The van der Waals surface area contributed by atoms with E-state index in [9.17, 15) is 9.59 Å². The molecule has 204 valence electrons. The molecule has 0 radical (unpaired) electrons. The lowest BCUT2D eigenvalue weighted by Crippen LogP contribution is -2.32. The molecule has 0 aromatic heterocycles. The summed E-state index contributed by atoms with van der Waals surface area (Å²) in [7, 11) is 0. The van der Waals surface area contributed by atoms with Gasteiger partial charge in [0.1, 0.15) is 19.0 Å². The first-order valence-electron chi connectivity index (χ1n) is 12.9. The Balaban J connectivity index is 1.30. The number of halogens is 1. The Morgan fingerprint density at radius 1 is 0.925 bits per heavy atom. The molecule has 4 aromatic rings. The number of hydrogen-bond acceptors (Lipinski definition) is 6. The van der Waals surface area contributed by atoms with Gasteiger partial charge < -0.3 is 14.2 Å². The van der Waals surface area contributed by atoms with Crippen LogP contribution in [0, 0.1) is 6.92 Å². The largest absolute Gasteiger partial charge is 0.492 e. The van der Waals surface area contributed by atoms with E-state index in [1.807, 2.05) is 62.4 Å². The molecule has 40 heavy (non-hydrogen) atoms. The van der Waals surface area contributed by atoms with E-state index in [0.29, 0.717) is 46.0 Å². The van der Waals surface area contributed by atoms with Crippen LogP contribution in [0.3, 0.4) is 0 Å². The van der Waals surface area contributed by atoms with Gasteiger partial charge in [-0.15, -0.1) is 0 Å². The second-order valence-electron chi connectivity index (χ2n) is 9.19. The van der Waals surface area contributed by atoms with Gasteiger partial charge in [0.05, 0.1) is 23.1 Å². The van der Waals surface area contributed by atoms with Crippen LogP contribution < -0.4 is 14.2 Å². The molecule has 5 rings (SSSR count). The second-order valence-corrected chi connectivity index (χ2v) is 10.6. The number of thioether (sulfide) groups is 1. The van der Waals surface area contributed by atoms with Crippen molar-refractivity contribution in [1.82, 2.24) is 4.90 Å². The summed E-state index contributed by atoms with van der Waals surface area (Å²) >= 11 is 7.54. The molecule has 1 fully saturated rings. The van der Waals surface area contributed by atoms with E-state index in [-0.39, 0.29) is 24.3 Å². The standard InChI is InChI=1S/C32H28ClNO5S/c1-3-37-28-18-22(17-27(33)30(28)39-20-24-11-7-10-23-9-4-5-13-26(23)24)19-29-31(35)34(32(36)40-29)14-15-38-25-12-6-8-21(2)16-25/h4-13,16-19H,3,14-15,20H2,1-2H3/b29-19-. The summed E-state index contributed by atoms with van der Waals surface area (Å²) in [6, 6.07) is 25.3. The Kier molecular flexibility index (Phi) is 8.63. The van der Waals surface area contributed by atoms with Crippen LogP contribution in [0.25, 0.3) is 16.8 Å². The summed E-state index contributed by atoms with van der Waals surface area (Å²) in [4.78, 5) is 27.1. The minimum Gasteiger partial charge on any atom is -0.492 e. The SMILES string of the molecule is CCOc1cc(/C=C2\SC(=O)N(CCOc3cccc(C)c3)C2=O)cc(Cl)c1OCc1cccc2ccccc12. The monoisotopic (exact) mass is 573 g/mol. The lowest BCUT2D eigenvalue weighted by molar-refractivity contribution is -0.123. The lowest BCUT2D eigenvalue weighted by atomic mass is 10.1. The number of aryl methyl sites for hydroxylation is 1. The maximum absolute atomic E-state index is 13.0. The summed E-state index contributed by atoms with van der Waals surface area (Å²) in [5.41, 5.74) is 2.73. The molecule has 4 aromatic carbocycles. The fraction of sp³-hybridized carbons (Fsp3) is 0.188. The van der Waals surface area contributed by atoms with E-state index in [0.717, 1.165) is 33.7 Å². The van der Waals surface area contributed by atoms with Crippen LogP contribution >= 0.6 is 23.4 Å². The molecular formula is C32H28ClNO5S. The average Bonchev–Trinajstić information content (AvgIpc) is 3.20. The van der Waals surface area contributed by atoms with E-state index in [4.69, 9.17) is 25.8 Å². The van der Waals surface area contributed by atoms with Crippen LogP contribution in [0.1, 0.15) is 23.6 Å². The fourth-order valence-corrected chi connectivity index (χ4v) is 5.59. The topological polar surface area (TPSA) is 65.1 Å². The van der Waals surface area contributed by atoms with Crippen LogP contribution in [0.15, 0.2) is 83.8 Å². The zero-order valence-electron chi connectivity index (χ0n) is 22.2. The highest BCUT2D eigenvalue weighted by Crippen LogP contribution is 2.40. The highest BCUT2D eigenvalue weighted by molar-refractivity contribution is 8.18. The molecule has 1 saturated heterocycles. The molecule has 0 atom stereocenters. The number of carbonyl (C=O) groups is 2. The quantitative estimate of drug-likeness (QED) is 0.180. The molecule has 1 aliphatic heterocycles. The van der Waals surface area contributed by atoms with Gasteiger partial charge in [0, 0.05) is 0 Å². The van der Waals surface area contributed by atoms with Crippen molar-refractivity contribution in [2.45, 2.75) is 20.5 Å². The molecule has 0 saturated carbocycles. The lowest BCUT2D eigenvalue weighted by Gasteiger charge is -2.15. The summed E-state index contributed by atoms with van der Waals surface area (Å²) in [6.07, 6.45) is 1.65. The van der Waals surface area contributed by atoms with Crippen LogP contribution in [-0.2, 0) is 11.4 Å². The maximum atomic E-state index is 13.0. The van der Waals surface area contributed by atoms with Crippen LogP contribution in [0.4, 0.5) is 4.79 Å². The number of rotatable bonds is 10. The first kappa shape index (κ1) is 27.6. The Morgan fingerprint density at radius 2 is 1.73 bits per heavy atom. The first-order chi connectivity index (χ1) is 19.4. The van der Waals surface area contributed by atoms with Crippen molar-refractivity contribution in [3.05, 3.63) is 105 Å². The fourth-order valence-electron chi connectivity index (χ4n) is 4.45. The molecule has 1 heterocycles. The third kappa shape index (κ3) is 6.27. The molecule has 0 unspecified atom stereocenters. The van der Waals surface area contributed by atoms with Gasteiger partial charge in [-0.25, -0.2) is 0 Å². The maximum Gasteiger partial charge on any atom is 0.293 e. The van der Waals surface area contributed by atoms with Gasteiger partial charge in [0.15, 0.2) is 11.5 Å². The van der Waals surface area contributed by atoms with Gasteiger partial charge in [-0.05, 0) is 83.4 Å². The summed E-state index contributed by atoms with van der Waals surface area (Å²) in [5, 5.41) is 2.25. The number of hydrogen-bond donors (Lipinski definition) is 0. The van der Waals surface area contributed by atoms with Crippen molar-refractivity contribution in [2.24, 2.45) is 0 Å². The molecule has 0 aliphatic carbocycles. The van der Waals surface area contributed by atoms with Crippen molar-refractivity contribution in [3.63, 3.8) is 0 Å². The van der Waals surface area contributed by atoms with Crippen LogP contribution in [0.2, 0.25) is 5.02 Å². The number of fused-ring (bicyclic) bond motifs is 1. The Labute approximate surface area is 242 Å². The number of imide groups is 1. The molecular weight excluding hydrogens is 546 g/mol. The van der Waals surface area contributed by atoms with Crippen molar-refractivity contribution < 1.29 is 23.8 Å². The van der Waals surface area contributed by atoms with E-state index < -0.39 is 0 Å². The zero-order chi connectivity index (χ0) is 28.1. The molecule has 8 heteroatoms. The number of benzene rings is 4. The number of nitrogens with zero attached hydrogens (tertiary/aromatic N) is 1. The van der Waals surface area contributed by atoms with Gasteiger partial charge in [0.25, 0.3) is 11.1 Å². The molecule has 1 aliphatic rings. The van der Waals surface area contributed by atoms with Gasteiger partial charge in [0.2, 0.25) is 0 Å².